The third-order valence-electron chi connectivity index (χ3n) is 3.58. The minimum absolute atomic E-state index is 0.0149. The van der Waals surface area contributed by atoms with Crippen LogP contribution in [-0.2, 0) is 12.3 Å². The molecule has 22 heavy (non-hydrogen) atoms. The van der Waals surface area contributed by atoms with Crippen LogP contribution in [0.15, 0.2) is 52.4 Å². The molecule has 1 aromatic carbocycles. The summed E-state index contributed by atoms with van der Waals surface area (Å²) >= 11 is 1.66. The van der Waals surface area contributed by atoms with Crippen molar-refractivity contribution in [2.45, 2.75) is 37.6 Å². The maximum atomic E-state index is 12.1. The highest BCUT2D eigenvalue weighted by atomic mass is 32.2. The van der Waals surface area contributed by atoms with Crippen LogP contribution in [0.5, 0.6) is 0 Å². The predicted octanol–water partition coefficient (Wildman–Crippen LogP) is 3.51. The van der Waals surface area contributed by atoms with Gasteiger partial charge in [0.25, 0.3) is 5.56 Å². The molecule has 3 aromatic rings. The third kappa shape index (κ3) is 2.95. The minimum Gasteiger partial charge on any atom is -0.315 e. The van der Waals surface area contributed by atoms with E-state index in [1.807, 2.05) is 31.3 Å². The predicted molar refractivity (Wildman–Crippen MR) is 90.5 cm³/mol. The van der Waals surface area contributed by atoms with E-state index in [-0.39, 0.29) is 5.56 Å². The van der Waals surface area contributed by atoms with Gasteiger partial charge in [0.2, 0.25) is 5.78 Å². The maximum absolute atomic E-state index is 12.1. The molecule has 0 aliphatic carbocycles. The van der Waals surface area contributed by atoms with E-state index in [9.17, 15) is 4.79 Å². The van der Waals surface area contributed by atoms with Gasteiger partial charge in [-0.25, -0.2) is 4.98 Å². The monoisotopic (exact) mass is 313 g/mol. The number of aryl methyl sites for hydroxylation is 2. The number of imidazole rings is 1. The van der Waals surface area contributed by atoms with Gasteiger partial charge in [-0.2, -0.15) is 0 Å². The van der Waals surface area contributed by atoms with E-state index in [0.717, 1.165) is 35.2 Å². The fourth-order valence-corrected chi connectivity index (χ4v) is 3.32. The van der Waals surface area contributed by atoms with Gasteiger partial charge in [-0.15, -0.1) is 11.8 Å². The molecule has 0 radical (unpaired) electrons. The summed E-state index contributed by atoms with van der Waals surface area (Å²) in [4.78, 5) is 16.8. The van der Waals surface area contributed by atoms with Crippen molar-refractivity contribution in [3.63, 3.8) is 0 Å². The molecule has 2 heterocycles. The summed E-state index contributed by atoms with van der Waals surface area (Å²) in [7, 11) is 0. The largest absolute Gasteiger partial charge is 0.315 e. The molecule has 0 aliphatic heterocycles. The molecule has 0 fully saturated rings. The van der Waals surface area contributed by atoms with Crippen molar-refractivity contribution in [2.75, 3.05) is 0 Å². The van der Waals surface area contributed by atoms with Crippen LogP contribution >= 0.6 is 11.8 Å². The molecule has 3 rings (SSSR count). The average molecular weight is 313 g/mol. The summed E-state index contributed by atoms with van der Waals surface area (Å²) in [5.74, 6) is 1.59. The second kappa shape index (κ2) is 6.40. The molecule has 0 unspecified atom stereocenters. The second-order valence-electron chi connectivity index (χ2n) is 5.30. The van der Waals surface area contributed by atoms with Crippen LogP contribution in [0.3, 0.4) is 0 Å². The van der Waals surface area contributed by atoms with Gasteiger partial charge in [0, 0.05) is 30.3 Å². The number of rotatable bonds is 5. The lowest BCUT2D eigenvalue weighted by atomic mass is 10.2. The standard InChI is InChI=1S/C17H19N3OS/c1-3-9-19-13(2)10-16(21)20-11-15(18-17(19)20)22-12-14-7-5-4-6-8-14/h4-8,10-11H,3,9,12H2,1-2H3. The normalized spacial score (nSPS) is 11.2. The number of hydrogen-bond acceptors (Lipinski definition) is 3. The first kappa shape index (κ1) is 14.9. The van der Waals surface area contributed by atoms with Crippen molar-refractivity contribution < 1.29 is 0 Å². The molecule has 0 bridgehead atoms. The van der Waals surface area contributed by atoms with E-state index in [1.54, 1.807) is 22.2 Å². The zero-order valence-corrected chi connectivity index (χ0v) is 13.6. The summed E-state index contributed by atoms with van der Waals surface area (Å²) in [5.41, 5.74) is 2.20. The molecule has 0 spiro atoms. The Hall–Kier alpha value is -2.01. The van der Waals surface area contributed by atoms with Crippen molar-refractivity contribution in [2.24, 2.45) is 0 Å². The van der Waals surface area contributed by atoms with Crippen LogP contribution in [0, 0.1) is 6.92 Å². The zero-order chi connectivity index (χ0) is 15.5. The molecule has 114 valence electrons. The van der Waals surface area contributed by atoms with Crippen molar-refractivity contribution in [1.82, 2.24) is 14.0 Å². The van der Waals surface area contributed by atoms with Crippen molar-refractivity contribution in [3.8, 4) is 0 Å². The van der Waals surface area contributed by atoms with Gasteiger partial charge in [-0.05, 0) is 18.9 Å². The van der Waals surface area contributed by atoms with Gasteiger partial charge in [-0.1, -0.05) is 37.3 Å². The second-order valence-corrected chi connectivity index (χ2v) is 6.29. The van der Waals surface area contributed by atoms with E-state index < -0.39 is 0 Å². The Morgan fingerprint density at radius 3 is 2.73 bits per heavy atom. The SMILES string of the molecule is CCCn1c(C)cc(=O)n2cc(SCc3ccccc3)nc12. The van der Waals surface area contributed by atoms with Crippen LogP contribution in [0.4, 0.5) is 0 Å². The number of nitrogens with zero attached hydrogens (tertiary/aromatic N) is 3. The lowest BCUT2D eigenvalue weighted by molar-refractivity contribution is 0.654. The summed E-state index contributed by atoms with van der Waals surface area (Å²) in [6, 6.07) is 12.0. The Balaban J connectivity index is 1.93. The lowest BCUT2D eigenvalue weighted by Crippen LogP contribution is -2.18. The topological polar surface area (TPSA) is 39.3 Å². The Labute approximate surface area is 133 Å². The first-order chi connectivity index (χ1) is 10.7. The van der Waals surface area contributed by atoms with Crippen LogP contribution < -0.4 is 5.56 Å². The van der Waals surface area contributed by atoms with Gasteiger partial charge >= 0.3 is 0 Å². The number of benzene rings is 1. The molecule has 0 saturated heterocycles. The molecular formula is C17H19N3OS. The smallest absolute Gasteiger partial charge is 0.259 e. The maximum Gasteiger partial charge on any atom is 0.259 e. The van der Waals surface area contributed by atoms with Gasteiger partial charge < -0.3 is 4.57 Å². The van der Waals surface area contributed by atoms with E-state index in [1.165, 1.54) is 5.56 Å². The quantitative estimate of drug-likeness (QED) is 0.677. The lowest BCUT2D eigenvalue weighted by Gasteiger charge is -2.09. The Kier molecular flexibility index (Phi) is 4.34. The first-order valence-electron chi connectivity index (χ1n) is 7.45. The molecule has 5 heteroatoms. The van der Waals surface area contributed by atoms with E-state index in [4.69, 9.17) is 0 Å². The minimum atomic E-state index is -0.0149. The molecule has 0 N–H and O–H groups in total. The average Bonchev–Trinajstić information content (AvgIpc) is 2.95. The Morgan fingerprint density at radius 2 is 2.00 bits per heavy atom. The number of fused-ring (bicyclic) bond motifs is 1. The van der Waals surface area contributed by atoms with E-state index in [2.05, 4.69) is 28.6 Å². The van der Waals surface area contributed by atoms with Crippen molar-refractivity contribution >= 4 is 17.5 Å². The molecule has 0 atom stereocenters. The Bertz CT molecular complexity index is 836. The molecule has 0 amide bonds. The van der Waals surface area contributed by atoms with E-state index in [0.29, 0.717) is 0 Å². The van der Waals surface area contributed by atoms with Crippen LogP contribution in [0.1, 0.15) is 24.6 Å². The van der Waals surface area contributed by atoms with Crippen LogP contribution in [0.2, 0.25) is 0 Å². The fraction of sp³-hybridized carbons (Fsp3) is 0.294. The molecule has 2 aromatic heterocycles. The van der Waals surface area contributed by atoms with Gasteiger partial charge in [0.15, 0.2) is 0 Å². The highest BCUT2D eigenvalue weighted by molar-refractivity contribution is 7.98. The molecular weight excluding hydrogens is 294 g/mol. The first-order valence-corrected chi connectivity index (χ1v) is 8.44. The fourth-order valence-electron chi connectivity index (χ4n) is 2.49. The number of thioether (sulfide) groups is 1. The van der Waals surface area contributed by atoms with E-state index >= 15 is 0 Å². The molecule has 0 saturated carbocycles. The van der Waals surface area contributed by atoms with Gasteiger partial charge in [0.1, 0.15) is 5.03 Å². The van der Waals surface area contributed by atoms with Crippen molar-refractivity contribution in [3.05, 3.63) is 64.2 Å². The Morgan fingerprint density at radius 1 is 1.23 bits per heavy atom. The van der Waals surface area contributed by atoms with Crippen molar-refractivity contribution in [1.29, 1.82) is 0 Å². The summed E-state index contributed by atoms with van der Waals surface area (Å²) in [6.07, 6.45) is 2.86. The highest BCUT2D eigenvalue weighted by Gasteiger charge is 2.10. The molecule has 4 nitrogen and oxygen atoms in total. The highest BCUT2D eigenvalue weighted by Crippen LogP contribution is 2.22. The number of aromatic nitrogens is 3. The summed E-state index contributed by atoms with van der Waals surface area (Å²) in [5, 5.41) is 0.886. The van der Waals surface area contributed by atoms with Crippen LogP contribution in [-0.4, -0.2) is 14.0 Å². The zero-order valence-electron chi connectivity index (χ0n) is 12.8. The number of hydrogen-bond donors (Lipinski definition) is 0. The summed E-state index contributed by atoms with van der Waals surface area (Å²) < 4.78 is 3.75. The summed E-state index contributed by atoms with van der Waals surface area (Å²) in [6.45, 7) is 4.96. The third-order valence-corrected chi connectivity index (χ3v) is 4.55. The van der Waals surface area contributed by atoms with Gasteiger partial charge in [-0.3, -0.25) is 9.20 Å². The van der Waals surface area contributed by atoms with Crippen LogP contribution in [0.25, 0.3) is 5.78 Å². The van der Waals surface area contributed by atoms with Gasteiger partial charge in [0.05, 0.1) is 0 Å². The molecule has 0 aliphatic rings.